The molecule has 3 heteroatoms. The number of aromatic amines is 1. The van der Waals surface area contributed by atoms with E-state index in [9.17, 15) is 0 Å². The number of benzene rings is 2. The highest BCUT2D eigenvalue weighted by Crippen LogP contribution is 2.25. The zero-order valence-corrected chi connectivity index (χ0v) is 10.7. The molecule has 0 bridgehead atoms. The summed E-state index contributed by atoms with van der Waals surface area (Å²) in [7, 11) is 1.66. The van der Waals surface area contributed by atoms with Crippen molar-refractivity contribution in [3.8, 4) is 11.5 Å². The lowest BCUT2D eigenvalue weighted by molar-refractivity contribution is 0.310. The largest absolute Gasteiger partial charge is 0.497 e. The van der Waals surface area contributed by atoms with E-state index in [1.54, 1.807) is 7.11 Å². The molecule has 96 valence electrons. The van der Waals surface area contributed by atoms with E-state index < -0.39 is 0 Å². The molecule has 0 aliphatic rings. The maximum Gasteiger partial charge on any atom is 0.129 e. The maximum absolute atomic E-state index is 5.88. The van der Waals surface area contributed by atoms with E-state index in [4.69, 9.17) is 9.47 Å². The molecular weight excluding hydrogens is 238 g/mol. The third kappa shape index (κ3) is 2.40. The number of methoxy groups -OCH3 is 1. The van der Waals surface area contributed by atoms with Crippen LogP contribution in [0.25, 0.3) is 10.9 Å². The third-order valence-corrected chi connectivity index (χ3v) is 3.11. The highest BCUT2D eigenvalue weighted by Gasteiger charge is 2.03. The predicted octanol–water partition coefficient (Wildman–Crippen LogP) is 3.76. The van der Waals surface area contributed by atoms with Crippen molar-refractivity contribution in [2.45, 2.75) is 6.61 Å². The average molecular weight is 253 g/mol. The van der Waals surface area contributed by atoms with Gasteiger partial charge < -0.3 is 14.5 Å². The van der Waals surface area contributed by atoms with Crippen molar-refractivity contribution in [1.82, 2.24) is 4.98 Å². The summed E-state index contributed by atoms with van der Waals surface area (Å²) in [6.45, 7) is 0.550. The van der Waals surface area contributed by atoms with Crippen molar-refractivity contribution in [3.63, 3.8) is 0 Å². The molecule has 0 aliphatic carbocycles. The van der Waals surface area contributed by atoms with E-state index in [1.807, 2.05) is 54.7 Å². The van der Waals surface area contributed by atoms with Crippen LogP contribution in [0, 0.1) is 0 Å². The molecule has 0 atom stereocenters. The Labute approximate surface area is 111 Å². The van der Waals surface area contributed by atoms with Crippen LogP contribution in [0.15, 0.2) is 54.7 Å². The molecule has 0 radical (unpaired) electrons. The SMILES string of the molecule is COc1ccc(COc2cccc3[nH]ccc23)cc1. The molecule has 2 aromatic carbocycles. The van der Waals surface area contributed by atoms with Gasteiger partial charge in [-0.3, -0.25) is 0 Å². The molecule has 0 saturated carbocycles. The van der Waals surface area contributed by atoms with Gasteiger partial charge in [0, 0.05) is 17.1 Å². The van der Waals surface area contributed by atoms with E-state index in [-0.39, 0.29) is 0 Å². The molecule has 19 heavy (non-hydrogen) atoms. The summed E-state index contributed by atoms with van der Waals surface area (Å²) >= 11 is 0. The minimum absolute atomic E-state index is 0.550. The van der Waals surface area contributed by atoms with Crippen molar-refractivity contribution in [1.29, 1.82) is 0 Å². The molecule has 1 aromatic heterocycles. The number of nitrogens with one attached hydrogen (secondary N) is 1. The summed E-state index contributed by atoms with van der Waals surface area (Å²) < 4.78 is 11.0. The summed E-state index contributed by atoms with van der Waals surface area (Å²) in [6, 6.07) is 15.9. The zero-order valence-electron chi connectivity index (χ0n) is 10.7. The first-order chi connectivity index (χ1) is 9.36. The monoisotopic (exact) mass is 253 g/mol. The zero-order chi connectivity index (χ0) is 13.1. The minimum atomic E-state index is 0.550. The molecule has 0 aliphatic heterocycles. The van der Waals surface area contributed by atoms with Gasteiger partial charge in [-0.15, -0.1) is 0 Å². The first-order valence-corrected chi connectivity index (χ1v) is 6.18. The van der Waals surface area contributed by atoms with Gasteiger partial charge in [-0.2, -0.15) is 0 Å². The van der Waals surface area contributed by atoms with E-state index >= 15 is 0 Å². The van der Waals surface area contributed by atoms with Gasteiger partial charge in [0.1, 0.15) is 18.1 Å². The number of hydrogen-bond donors (Lipinski definition) is 1. The molecule has 3 nitrogen and oxygen atoms in total. The molecule has 1 N–H and O–H groups in total. The molecule has 0 saturated heterocycles. The van der Waals surface area contributed by atoms with Crippen LogP contribution in [-0.2, 0) is 6.61 Å². The van der Waals surface area contributed by atoms with Crippen LogP contribution >= 0.6 is 0 Å². The van der Waals surface area contributed by atoms with Gasteiger partial charge in [0.2, 0.25) is 0 Å². The van der Waals surface area contributed by atoms with Gasteiger partial charge in [0.15, 0.2) is 0 Å². The summed E-state index contributed by atoms with van der Waals surface area (Å²) in [5.74, 6) is 1.76. The molecule has 3 aromatic rings. The summed E-state index contributed by atoms with van der Waals surface area (Å²) in [5, 5.41) is 1.11. The molecular formula is C16H15NO2. The van der Waals surface area contributed by atoms with Crippen molar-refractivity contribution in [2.24, 2.45) is 0 Å². The van der Waals surface area contributed by atoms with Crippen LogP contribution in [0.4, 0.5) is 0 Å². The Hall–Kier alpha value is -2.42. The molecule has 1 heterocycles. The smallest absolute Gasteiger partial charge is 0.129 e. The number of rotatable bonds is 4. The van der Waals surface area contributed by atoms with Crippen molar-refractivity contribution < 1.29 is 9.47 Å². The second-order valence-electron chi connectivity index (χ2n) is 4.33. The average Bonchev–Trinajstić information content (AvgIpc) is 2.94. The Morgan fingerprint density at radius 1 is 1.00 bits per heavy atom. The van der Waals surface area contributed by atoms with Gasteiger partial charge in [-0.1, -0.05) is 18.2 Å². The van der Waals surface area contributed by atoms with Crippen molar-refractivity contribution in [2.75, 3.05) is 7.11 Å². The number of hydrogen-bond acceptors (Lipinski definition) is 2. The Morgan fingerprint density at radius 3 is 2.63 bits per heavy atom. The summed E-state index contributed by atoms with van der Waals surface area (Å²) in [4.78, 5) is 3.18. The fourth-order valence-electron chi connectivity index (χ4n) is 2.07. The number of H-pyrrole nitrogens is 1. The Bertz CT molecular complexity index is 671. The van der Waals surface area contributed by atoms with Crippen molar-refractivity contribution in [3.05, 3.63) is 60.3 Å². The second-order valence-corrected chi connectivity index (χ2v) is 4.33. The summed E-state index contributed by atoms with van der Waals surface area (Å²) in [5.41, 5.74) is 2.21. The lowest BCUT2D eigenvalue weighted by Crippen LogP contribution is -1.95. The highest BCUT2D eigenvalue weighted by molar-refractivity contribution is 5.85. The van der Waals surface area contributed by atoms with Crippen LogP contribution in [0.5, 0.6) is 11.5 Å². The molecule has 0 spiro atoms. The Morgan fingerprint density at radius 2 is 1.84 bits per heavy atom. The Kier molecular flexibility index (Phi) is 3.11. The van der Waals surface area contributed by atoms with Crippen LogP contribution in [0.2, 0.25) is 0 Å². The highest BCUT2D eigenvalue weighted by atomic mass is 16.5. The second kappa shape index (κ2) is 5.06. The first-order valence-electron chi connectivity index (χ1n) is 6.18. The van der Waals surface area contributed by atoms with Crippen LogP contribution in [-0.4, -0.2) is 12.1 Å². The summed E-state index contributed by atoms with van der Waals surface area (Å²) in [6.07, 6.45) is 1.92. The van der Waals surface area contributed by atoms with Crippen LogP contribution in [0.3, 0.4) is 0 Å². The maximum atomic E-state index is 5.88. The lowest BCUT2D eigenvalue weighted by atomic mass is 10.2. The topological polar surface area (TPSA) is 34.2 Å². The van der Waals surface area contributed by atoms with Crippen molar-refractivity contribution >= 4 is 10.9 Å². The van der Waals surface area contributed by atoms with E-state index in [1.165, 1.54) is 0 Å². The minimum Gasteiger partial charge on any atom is -0.497 e. The molecule has 0 amide bonds. The van der Waals surface area contributed by atoms with Crippen LogP contribution < -0.4 is 9.47 Å². The lowest BCUT2D eigenvalue weighted by Gasteiger charge is -2.08. The predicted molar refractivity (Wildman–Crippen MR) is 75.6 cm³/mol. The fourth-order valence-corrected chi connectivity index (χ4v) is 2.07. The molecule has 0 unspecified atom stereocenters. The van der Waals surface area contributed by atoms with Gasteiger partial charge in [0.05, 0.1) is 7.11 Å². The van der Waals surface area contributed by atoms with Gasteiger partial charge in [0.25, 0.3) is 0 Å². The van der Waals surface area contributed by atoms with E-state index in [0.717, 1.165) is 28.0 Å². The normalized spacial score (nSPS) is 10.6. The number of fused-ring (bicyclic) bond motifs is 1. The van der Waals surface area contributed by atoms with Gasteiger partial charge in [-0.25, -0.2) is 0 Å². The fraction of sp³-hybridized carbons (Fsp3) is 0.125. The number of aromatic nitrogens is 1. The van der Waals surface area contributed by atoms with Gasteiger partial charge >= 0.3 is 0 Å². The number of ether oxygens (including phenoxy) is 2. The quantitative estimate of drug-likeness (QED) is 0.768. The Balaban J connectivity index is 1.76. The first kappa shape index (κ1) is 11.7. The standard InChI is InChI=1S/C16H15NO2/c1-18-13-7-5-12(6-8-13)11-19-16-4-2-3-15-14(16)9-10-17-15/h2-10,17H,11H2,1H3. The van der Waals surface area contributed by atoms with Gasteiger partial charge in [-0.05, 0) is 35.9 Å². The van der Waals surface area contributed by atoms with E-state index in [2.05, 4.69) is 4.98 Å². The van der Waals surface area contributed by atoms with Crippen LogP contribution in [0.1, 0.15) is 5.56 Å². The molecule has 3 rings (SSSR count). The third-order valence-electron chi connectivity index (χ3n) is 3.11. The van der Waals surface area contributed by atoms with E-state index in [0.29, 0.717) is 6.61 Å². The molecule has 0 fully saturated rings.